The van der Waals surface area contributed by atoms with Gasteiger partial charge in [-0.05, 0) is 6.42 Å². The Bertz CT molecular complexity index is 362. The summed E-state index contributed by atoms with van der Waals surface area (Å²) in [6, 6.07) is 0. The highest BCUT2D eigenvalue weighted by Crippen LogP contribution is 2.19. The highest BCUT2D eigenvalue weighted by atomic mass is 16.6. The molecule has 3 N–H and O–H groups in total. The molecule has 0 aromatic heterocycles. The maximum atomic E-state index is 11.9. The molecule has 1 fully saturated rings. The van der Waals surface area contributed by atoms with Gasteiger partial charge in [-0.3, -0.25) is 4.79 Å². The van der Waals surface area contributed by atoms with Crippen LogP contribution in [0.1, 0.15) is 84.0 Å². The Balaban J connectivity index is 2.03. The standard InChI is InChI=1S/C20H38O6/c1-2-3-4-5-6-7-8-9-10-11-12-13-18(23)26-20-16(22)15-25-17(14-21)19(20)24/h16-17,19-22,24H,2-15H2,1H3/t16-,17-,19-,20-/m1/s1. The molecule has 0 aromatic rings. The van der Waals surface area contributed by atoms with Crippen LogP contribution in [-0.2, 0) is 14.3 Å². The van der Waals surface area contributed by atoms with E-state index in [1.807, 2.05) is 0 Å². The minimum absolute atomic E-state index is 0.0569. The molecular formula is C20H38O6. The molecule has 1 rings (SSSR count). The van der Waals surface area contributed by atoms with Crippen LogP contribution < -0.4 is 0 Å². The molecule has 4 atom stereocenters. The summed E-state index contributed by atoms with van der Waals surface area (Å²) in [4.78, 5) is 11.9. The number of hydrogen-bond acceptors (Lipinski definition) is 6. The molecule has 1 saturated heterocycles. The highest BCUT2D eigenvalue weighted by Gasteiger charge is 2.40. The number of rotatable bonds is 14. The van der Waals surface area contributed by atoms with Crippen molar-refractivity contribution in [3.63, 3.8) is 0 Å². The first kappa shape index (κ1) is 23.3. The van der Waals surface area contributed by atoms with E-state index in [1.165, 1.54) is 51.4 Å². The summed E-state index contributed by atoms with van der Waals surface area (Å²) in [5, 5.41) is 28.9. The van der Waals surface area contributed by atoms with Crippen LogP contribution in [0.4, 0.5) is 0 Å². The van der Waals surface area contributed by atoms with Gasteiger partial charge < -0.3 is 24.8 Å². The number of ether oxygens (including phenoxy) is 2. The Morgan fingerprint density at radius 1 is 0.962 bits per heavy atom. The lowest BCUT2D eigenvalue weighted by Crippen LogP contribution is -2.55. The van der Waals surface area contributed by atoms with E-state index in [4.69, 9.17) is 14.6 Å². The Morgan fingerprint density at radius 3 is 2.04 bits per heavy atom. The van der Waals surface area contributed by atoms with Gasteiger partial charge in [-0.15, -0.1) is 0 Å². The number of aliphatic hydroxyl groups excluding tert-OH is 3. The zero-order chi connectivity index (χ0) is 19.2. The van der Waals surface area contributed by atoms with Crippen LogP contribution in [-0.4, -0.2) is 58.9 Å². The third-order valence-electron chi connectivity index (χ3n) is 5.01. The van der Waals surface area contributed by atoms with Crippen molar-refractivity contribution in [2.45, 2.75) is 108 Å². The average Bonchev–Trinajstić information content (AvgIpc) is 2.63. The second kappa shape index (κ2) is 14.4. The summed E-state index contributed by atoms with van der Waals surface area (Å²) in [6.07, 6.45) is 9.49. The third-order valence-corrected chi connectivity index (χ3v) is 5.01. The summed E-state index contributed by atoms with van der Waals surface area (Å²) in [5.41, 5.74) is 0. The van der Waals surface area contributed by atoms with Crippen molar-refractivity contribution >= 4 is 5.97 Å². The maximum absolute atomic E-state index is 11.9. The number of aliphatic hydroxyl groups is 3. The van der Waals surface area contributed by atoms with Crippen LogP contribution >= 0.6 is 0 Å². The molecular weight excluding hydrogens is 336 g/mol. The molecule has 0 spiro atoms. The maximum Gasteiger partial charge on any atom is 0.306 e. The summed E-state index contributed by atoms with van der Waals surface area (Å²) in [6.45, 7) is 1.80. The normalized spacial score (nSPS) is 26.0. The molecule has 154 valence electrons. The van der Waals surface area contributed by atoms with Gasteiger partial charge in [-0.1, -0.05) is 71.1 Å². The lowest BCUT2D eigenvalue weighted by Gasteiger charge is -2.36. The quantitative estimate of drug-likeness (QED) is 0.320. The molecule has 1 aliphatic heterocycles. The van der Waals surface area contributed by atoms with E-state index in [0.717, 1.165) is 19.3 Å². The first-order valence-corrected chi connectivity index (χ1v) is 10.4. The first-order valence-electron chi connectivity index (χ1n) is 10.4. The van der Waals surface area contributed by atoms with Gasteiger partial charge in [0.15, 0.2) is 6.10 Å². The number of hydrogen-bond donors (Lipinski definition) is 3. The van der Waals surface area contributed by atoms with E-state index in [9.17, 15) is 15.0 Å². The largest absolute Gasteiger partial charge is 0.457 e. The molecule has 0 unspecified atom stereocenters. The van der Waals surface area contributed by atoms with Gasteiger partial charge in [-0.25, -0.2) is 0 Å². The Kier molecular flexibility index (Phi) is 12.9. The Hall–Kier alpha value is -0.690. The van der Waals surface area contributed by atoms with E-state index < -0.39 is 30.4 Å². The van der Waals surface area contributed by atoms with E-state index in [-0.39, 0.29) is 19.6 Å². The number of unbranched alkanes of at least 4 members (excludes halogenated alkanes) is 10. The number of carbonyl (C=O) groups excluding carboxylic acids is 1. The minimum Gasteiger partial charge on any atom is -0.457 e. The molecule has 0 aliphatic carbocycles. The zero-order valence-electron chi connectivity index (χ0n) is 16.3. The second-order valence-electron chi connectivity index (χ2n) is 7.35. The predicted molar refractivity (Wildman–Crippen MR) is 99.8 cm³/mol. The second-order valence-corrected chi connectivity index (χ2v) is 7.35. The van der Waals surface area contributed by atoms with Crippen molar-refractivity contribution in [2.24, 2.45) is 0 Å². The fourth-order valence-electron chi connectivity index (χ4n) is 3.31. The van der Waals surface area contributed by atoms with Crippen LogP contribution in [0.2, 0.25) is 0 Å². The summed E-state index contributed by atoms with van der Waals surface area (Å²) >= 11 is 0. The molecule has 26 heavy (non-hydrogen) atoms. The van der Waals surface area contributed by atoms with E-state index >= 15 is 0 Å². The molecule has 6 nitrogen and oxygen atoms in total. The van der Waals surface area contributed by atoms with Crippen LogP contribution in [0.5, 0.6) is 0 Å². The van der Waals surface area contributed by atoms with Crippen molar-refractivity contribution in [2.75, 3.05) is 13.2 Å². The Morgan fingerprint density at radius 2 is 1.50 bits per heavy atom. The van der Waals surface area contributed by atoms with Crippen molar-refractivity contribution < 1.29 is 29.6 Å². The third kappa shape index (κ3) is 9.31. The van der Waals surface area contributed by atoms with E-state index in [2.05, 4.69) is 6.92 Å². The molecule has 0 bridgehead atoms. The fraction of sp³-hybridized carbons (Fsp3) is 0.950. The van der Waals surface area contributed by atoms with Crippen LogP contribution in [0.3, 0.4) is 0 Å². The van der Waals surface area contributed by atoms with Gasteiger partial charge in [-0.2, -0.15) is 0 Å². The van der Waals surface area contributed by atoms with Crippen molar-refractivity contribution in [1.82, 2.24) is 0 Å². The monoisotopic (exact) mass is 374 g/mol. The van der Waals surface area contributed by atoms with Crippen LogP contribution in [0, 0.1) is 0 Å². The van der Waals surface area contributed by atoms with Crippen molar-refractivity contribution in [1.29, 1.82) is 0 Å². The van der Waals surface area contributed by atoms with Crippen LogP contribution in [0.15, 0.2) is 0 Å². The predicted octanol–water partition coefficient (Wildman–Crippen LogP) is 2.71. The van der Waals surface area contributed by atoms with Gasteiger partial charge in [0.1, 0.15) is 18.3 Å². The summed E-state index contributed by atoms with van der Waals surface area (Å²) in [5.74, 6) is -0.414. The molecule has 0 amide bonds. The molecule has 1 heterocycles. The average molecular weight is 375 g/mol. The van der Waals surface area contributed by atoms with Gasteiger partial charge in [0, 0.05) is 6.42 Å². The summed E-state index contributed by atoms with van der Waals surface area (Å²) < 4.78 is 10.3. The molecule has 1 aliphatic rings. The topological polar surface area (TPSA) is 96.2 Å². The van der Waals surface area contributed by atoms with Gasteiger partial charge in [0.2, 0.25) is 0 Å². The minimum atomic E-state index is -1.20. The molecule has 0 aromatic carbocycles. The first-order chi connectivity index (χ1) is 12.6. The zero-order valence-corrected chi connectivity index (χ0v) is 16.3. The lowest BCUT2D eigenvalue weighted by atomic mass is 10.0. The van der Waals surface area contributed by atoms with E-state index in [0.29, 0.717) is 0 Å². The van der Waals surface area contributed by atoms with Gasteiger partial charge in [0.05, 0.1) is 13.2 Å². The van der Waals surface area contributed by atoms with Gasteiger partial charge >= 0.3 is 5.97 Å². The number of esters is 1. The van der Waals surface area contributed by atoms with Crippen molar-refractivity contribution in [3.05, 3.63) is 0 Å². The fourth-order valence-corrected chi connectivity index (χ4v) is 3.31. The molecule has 0 saturated carbocycles. The van der Waals surface area contributed by atoms with Gasteiger partial charge in [0.25, 0.3) is 0 Å². The van der Waals surface area contributed by atoms with Crippen molar-refractivity contribution in [3.8, 4) is 0 Å². The molecule has 6 heteroatoms. The smallest absolute Gasteiger partial charge is 0.306 e. The summed E-state index contributed by atoms with van der Waals surface area (Å²) in [7, 11) is 0. The lowest BCUT2D eigenvalue weighted by molar-refractivity contribution is -0.213. The molecule has 0 radical (unpaired) electrons. The van der Waals surface area contributed by atoms with Crippen LogP contribution in [0.25, 0.3) is 0 Å². The van der Waals surface area contributed by atoms with E-state index in [1.54, 1.807) is 0 Å². The SMILES string of the molecule is CCCCCCCCCCCCCC(=O)O[C@H]1[C@H](O)[C@@H](CO)OC[C@H]1O. The highest BCUT2D eigenvalue weighted by molar-refractivity contribution is 5.69. The Labute approximate surface area is 157 Å². The number of carbonyl (C=O) groups is 1.